The Morgan fingerprint density at radius 3 is 2.82 bits per heavy atom. The normalized spacial score (nSPS) is 20.1. The lowest BCUT2D eigenvalue weighted by atomic mass is 10.4. The average molecular weight is 189 g/mol. The Morgan fingerprint density at radius 1 is 1.45 bits per heavy atom. The van der Waals surface area contributed by atoms with Gasteiger partial charge >= 0.3 is 0 Å². The topological polar surface area (TPSA) is 47.0 Å². The van der Waals surface area contributed by atoms with E-state index < -0.39 is 9.84 Å². The summed E-state index contributed by atoms with van der Waals surface area (Å²) < 4.78 is 22.1. The van der Waals surface area contributed by atoms with E-state index in [-0.39, 0.29) is 11.5 Å². The molecule has 1 aromatic rings. The molecule has 0 amide bonds. The molecular formula is C6H7NO2S2. The van der Waals surface area contributed by atoms with Gasteiger partial charge in [0.1, 0.15) is 0 Å². The van der Waals surface area contributed by atoms with Crippen LogP contribution >= 0.6 is 11.3 Å². The van der Waals surface area contributed by atoms with Crippen LogP contribution in [0.2, 0.25) is 0 Å². The average Bonchev–Trinajstić information content (AvgIpc) is 2.17. The summed E-state index contributed by atoms with van der Waals surface area (Å²) in [6.45, 7) is 1.90. The number of thiazole rings is 1. The van der Waals surface area contributed by atoms with E-state index in [1.165, 1.54) is 11.3 Å². The highest BCUT2D eigenvalue weighted by molar-refractivity contribution is 7.90. The molecule has 0 atom stereocenters. The third kappa shape index (κ3) is 1.18. The van der Waals surface area contributed by atoms with Crippen molar-refractivity contribution in [2.75, 3.05) is 0 Å². The molecule has 1 aromatic heterocycles. The summed E-state index contributed by atoms with van der Waals surface area (Å²) >= 11 is 1.49. The lowest BCUT2D eigenvalue weighted by molar-refractivity contribution is 0.598. The largest absolute Gasteiger partial charge is 0.245 e. The van der Waals surface area contributed by atoms with Crippen molar-refractivity contribution in [2.45, 2.75) is 18.4 Å². The Morgan fingerprint density at radius 2 is 2.18 bits per heavy atom. The van der Waals surface area contributed by atoms with Gasteiger partial charge in [-0.15, -0.1) is 11.3 Å². The number of sulfone groups is 1. The minimum absolute atomic E-state index is 0.146. The first-order valence-electron chi connectivity index (χ1n) is 3.22. The van der Waals surface area contributed by atoms with Gasteiger partial charge in [0.15, 0.2) is 9.84 Å². The Kier molecular flexibility index (Phi) is 1.34. The fourth-order valence-electron chi connectivity index (χ4n) is 1.20. The van der Waals surface area contributed by atoms with Crippen LogP contribution in [-0.2, 0) is 21.3 Å². The van der Waals surface area contributed by atoms with Crippen LogP contribution in [0.15, 0.2) is 0 Å². The molecule has 11 heavy (non-hydrogen) atoms. The lowest BCUT2D eigenvalue weighted by Crippen LogP contribution is -1.96. The van der Waals surface area contributed by atoms with Crippen LogP contribution in [0.3, 0.4) is 0 Å². The summed E-state index contributed by atoms with van der Waals surface area (Å²) in [7, 11) is -2.83. The third-order valence-electron chi connectivity index (χ3n) is 1.59. The van der Waals surface area contributed by atoms with Gasteiger partial charge < -0.3 is 0 Å². The molecular weight excluding hydrogens is 182 g/mol. The molecule has 1 aliphatic rings. The predicted octanol–water partition coefficient (Wildman–Crippen LogP) is 0.880. The fraction of sp³-hybridized carbons (Fsp3) is 0.500. The second-order valence-electron chi connectivity index (χ2n) is 2.63. The number of aryl methyl sites for hydroxylation is 1. The fourth-order valence-corrected chi connectivity index (χ4v) is 4.13. The molecule has 0 fully saturated rings. The molecule has 0 aromatic carbocycles. The third-order valence-corrected chi connectivity index (χ3v) is 4.23. The molecule has 1 aliphatic heterocycles. The maximum Gasteiger partial charge on any atom is 0.161 e. The number of hydrogen-bond donors (Lipinski definition) is 0. The van der Waals surface area contributed by atoms with Gasteiger partial charge in [-0.25, -0.2) is 13.4 Å². The van der Waals surface area contributed by atoms with E-state index in [1.54, 1.807) is 0 Å². The first-order chi connectivity index (χ1) is 5.07. The van der Waals surface area contributed by atoms with Gasteiger partial charge in [0, 0.05) is 4.88 Å². The molecule has 5 heteroatoms. The summed E-state index contributed by atoms with van der Waals surface area (Å²) in [5.74, 6) is 0.348. The molecule has 2 rings (SSSR count). The zero-order valence-corrected chi connectivity index (χ0v) is 7.63. The Labute approximate surface area is 69.0 Å². The van der Waals surface area contributed by atoms with Gasteiger partial charge in [0.25, 0.3) is 0 Å². The van der Waals surface area contributed by atoms with E-state index in [4.69, 9.17) is 0 Å². The monoisotopic (exact) mass is 189 g/mol. The van der Waals surface area contributed by atoms with Crippen LogP contribution in [-0.4, -0.2) is 13.4 Å². The highest BCUT2D eigenvalue weighted by Gasteiger charge is 2.27. The molecule has 0 bridgehead atoms. The Bertz CT molecular complexity index is 361. The molecule has 0 saturated carbocycles. The molecule has 0 unspecified atom stereocenters. The minimum atomic E-state index is -2.83. The maximum atomic E-state index is 11.0. The van der Waals surface area contributed by atoms with Crippen molar-refractivity contribution in [1.82, 2.24) is 4.98 Å². The smallest absolute Gasteiger partial charge is 0.161 e. The predicted molar refractivity (Wildman–Crippen MR) is 43.2 cm³/mol. The molecule has 3 nitrogen and oxygen atoms in total. The molecule has 0 N–H and O–H groups in total. The van der Waals surface area contributed by atoms with E-state index in [0.717, 1.165) is 15.6 Å². The summed E-state index contributed by atoms with van der Waals surface area (Å²) in [6, 6.07) is 0. The number of rotatable bonds is 0. The van der Waals surface area contributed by atoms with Gasteiger partial charge in [-0.1, -0.05) is 0 Å². The Balaban J connectivity index is 2.53. The molecule has 0 spiro atoms. The summed E-state index contributed by atoms with van der Waals surface area (Å²) in [6.07, 6.45) is 0. The van der Waals surface area contributed by atoms with Crippen molar-refractivity contribution in [3.8, 4) is 0 Å². The van der Waals surface area contributed by atoms with Crippen LogP contribution in [0.25, 0.3) is 0 Å². The van der Waals surface area contributed by atoms with Crippen LogP contribution in [0.1, 0.15) is 15.6 Å². The zero-order chi connectivity index (χ0) is 8.06. The van der Waals surface area contributed by atoms with Gasteiger partial charge in [0.2, 0.25) is 0 Å². The second kappa shape index (κ2) is 2.04. The first-order valence-corrected chi connectivity index (χ1v) is 5.86. The summed E-state index contributed by atoms with van der Waals surface area (Å²) in [4.78, 5) is 5.06. The van der Waals surface area contributed by atoms with Gasteiger partial charge in [-0.3, -0.25) is 0 Å². The standard InChI is InChI=1S/C6H7NO2S2/c1-4-7-5-2-11(8,9)3-6(5)10-4/h2-3H2,1H3. The van der Waals surface area contributed by atoms with Crippen LogP contribution in [0.4, 0.5) is 0 Å². The van der Waals surface area contributed by atoms with Gasteiger partial charge in [-0.2, -0.15) is 0 Å². The summed E-state index contributed by atoms with van der Waals surface area (Å²) in [5.41, 5.74) is 0.771. The summed E-state index contributed by atoms with van der Waals surface area (Å²) in [5, 5.41) is 0.963. The van der Waals surface area contributed by atoms with Crippen molar-refractivity contribution in [2.24, 2.45) is 0 Å². The number of nitrogens with zero attached hydrogens (tertiary/aromatic N) is 1. The van der Waals surface area contributed by atoms with E-state index in [1.807, 2.05) is 6.92 Å². The number of fused-ring (bicyclic) bond motifs is 1. The molecule has 0 aliphatic carbocycles. The van der Waals surface area contributed by atoms with Crippen molar-refractivity contribution >= 4 is 21.2 Å². The minimum Gasteiger partial charge on any atom is -0.245 e. The van der Waals surface area contributed by atoms with E-state index in [9.17, 15) is 8.42 Å². The molecule has 0 radical (unpaired) electrons. The highest BCUT2D eigenvalue weighted by atomic mass is 32.2. The highest BCUT2D eigenvalue weighted by Crippen LogP contribution is 2.29. The second-order valence-corrected chi connectivity index (χ2v) is 5.99. The quantitative estimate of drug-likeness (QED) is 0.608. The number of aromatic nitrogens is 1. The van der Waals surface area contributed by atoms with E-state index in [2.05, 4.69) is 4.98 Å². The van der Waals surface area contributed by atoms with Crippen molar-refractivity contribution < 1.29 is 8.42 Å². The van der Waals surface area contributed by atoms with Gasteiger partial charge in [0.05, 0.1) is 22.2 Å². The van der Waals surface area contributed by atoms with Gasteiger partial charge in [-0.05, 0) is 6.92 Å². The first kappa shape index (κ1) is 7.24. The van der Waals surface area contributed by atoms with E-state index >= 15 is 0 Å². The van der Waals surface area contributed by atoms with Crippen molar-refractivity contribution in [3.05, 3.63) is 15.6 Å². The Hall–Kier alpha value is -0.420. The lowest BCUT2D eigenvalue weighted by Gasteiger charge is -1.86. The van der Waals surface area contributed by atoms with E-state index in [0.29, 0.717) is 0 Å². The SMILES string of the molecule is Cc1nc2c(s1)CS(=O)(=O)C2. The molecule has 0 saturated heterocycles. The number of hydrogen-bond acceptors (Lipinski definition) is 4. The van der Waals surface area contributed by atoms with Crippen molar-refractivity contribution in [3.63, 3.8) is 0 Å². The molecule has 2 heterocycles. The zero-order valence-electron chi connectivity index (χ0n) is 5.99. The molecule has 60 valence electrons. The van der Waals surface area contributed by atoms with Crippen LogP contribution in [0.5, 0.6) is 0 Å². The maximum absolute atomic E-state index is 11.0. The van der Waals surface area contributed by atoms with Crippen LogP contribution in [0, 0.1) is 6.92 Å². The van der Waals surface area contributed by atoms with Crippen molar-refractivity contribution in [1.29, 1.82) is 0 Å². The van der Waals surface area contributed by atoms with Crippen LogP contribution < -0.4 is 0 Å².